The molecule has 1 aromatic heterocycles. The Labute approximate surface area is 110 Å². The Kier molecular flexibility index (Phi) is 3.73. The van der Waals surface area contributed by atoms with Crippen LogP contribution >= 0.6 is 0 Å². The van der Waals surface area contributed by atoms with Crippen molar-refractivity contribution in [2.75, 3.05) is 23.7 Å². The first-order chi connectivity index (χ1) is 8.52. The van der Waals surface area contributed by atoms with Crippen molar-refractivity contribution in [3.05, 3.63) is 11.4 Å². The van der Waals surface area contributed by atoms with E-state index in [0.29, 0.717) is 11.7 Å². The van der Waals surface area contributed by atoms with Gasteiger partial charge >= 0.3 is 0 Å². The summed E-state index contributed by atoms with van der Waals surface area (Å²) in [6.07, 6.45) is 2.71. The van der Waals surface area contributed by atoms with E-state index in [0.717, 1.165) is 36.2 Å². The van der Waals surface area contributed by atoms with Gasteiger partial charge in [-0.3, -0.25) is 0 Å². The molecule has 0 aliphatic heterocycles. The molecule has 0 radical (unpaired) electrons. The molecule has 4 nitrogen and oxygen atoms in total. The van der Waals surface area contributed by atoms with Crippen LogP contribution in [0, 0.1) is 12.8 Å². The fraction of sp³-hybridized carbons (Fsp3) is 0.714. The second-order valence-corrected chi connectivity index (χ2v) is 5.55. The number of rotatable bonds is 5. The van der Waals surface area contributed by atoms with E-state index in [1.165, 1.54) is 12.8 Å². The van der Waals surface area contributed by atoms with Crippen LogP contribution in [0.2, 0.25) is 0 Å². The highest BCUT2D eigenvalue weighted by molar-refractivity contribution is 5.56. The van der Waals surface area contributed by atoms with Crippen LogP contribution < -0.4 is 10.6 Å². The molecule has 0 amide bonds. The average molecular weight is 248 g/mol. The molecule has 1 aromatic rings. The lowest BCUT2D eigenvalue weighted by atomic mass is 10.2. The molecule has 1 heterocycles. The van der Waals surface area contributed by atoms with Gasteiger partial charge in [-0.1, -0.05) is 13.8 Å². The number of nitrogens with two attached hydrogens (primary N) is 1. The quantitative estimate of drug-likeness (QED) is 0.870. The minimum Gasteiger partial charge on any atom is -0.383 e. The van der Waals surface area contributed by atoms with Crippen LogP contribution in [0.3, 0.4) is 0 Å². The van der Waals surface area contributed by atoms with Gasteiger partial charge in [0.2, 0.25) is 0 Å². The number of hydrogen-bond acceptors (Lipinski definition) is 4. The van der Waals surface area contributed by atoms with Gasteiger partial charge in [0.25, 0.3) is 0 Å². The van der Waals surface area contributed by atoms with E-state index in [-0.39, 0.29) is 0 Å². The van der Waals surface area contributed by atoms with Gasteiger partial charge in [-0.15, -0.1) is 0 Å². The van der Waals surface area contributed by atoms with Crippen molar-refractivity contribution < 1.29 is 0 Å². The fourth-order valence-electron chi connectivity index (χ4n) is 2.08. The van der Waals surface area contributed by atoms with E-state index >= 15 is 0 Å². The largest absolute Gasteiger partial charge is 0.383 e. The number of nitrogens with zero attached hydrogens (tertiary/aromatic N) is 3. The molecule has 1 saturated carbocycles. The highest BCUT2D eigenvalue weighted by atomic mass is 15.2. The molecule has 4 heteroatoms. The summed E-state index contributed by atoms with van der Waals surface area (Å²) in [4.78, 5) is 11.4. The van der Waals surface area contributed by atoms with Gasteiger partial charge < -0.3 is 10.6 Å². The van der Waals surface area contributed by atoms with E-state index in [4.69, 9.17) is 10.7 Å². The Morgan fingerprint density at radius 1 is 1.33 bits per heavy atom. The Morgan fingerprint density at radius 3 is 2.50 bits per heavy atom. The summed E-state index contributed by atoms with van der Waals surface area (Å²) in [5, 5.41) is 0. The molecule has 0 atom stereocenters. The van der Waals surface area contributed by atoms with Crippen LogP contribution in [-0.4, -0.2) is 23.1 Å². The Bertz CT molecular complexity index is 424. The lowest BCUT2D eigenvalue weighted by Crippen LogP contribution is -2.28. The van der Waals surface area contributed by atoms with Crippen LogP contribution in [0.5, 0.6) is 0 Å². The summed E-state index contributed by atoms with van der Waals surface area (Å²) in [6.45, 7) is 10.5. The van der Waals surface area contributed by atoms with Crippen molar-refractivity contribution in [3.8, 4) is 0 Å². The standard InChI is InChI=1S/C14H24N4/c1-5-18(8-11-6-7-11)14-10(4)12(15)16-13(17-14)9(2)3/h9,11H,5-8H2,1-4H3,(H2,15,16,17). The number of aromatic nitrogens is 2. The molecule has 2 N–H and O–H groups in total. The van der Waals surface area contributed by atoms with E-state index in [1.807, 2.05) is 6.92 Å². The monoisotopic (exact) mass is 248 g/mol. The minimum absolute atomic E-state index is 0.311. The number of hydrogen-bond donors (Lipinski definition) is 1. The Morgan fingerprint density at radius 2 is 2.00 bits per heavy atom. The highest BCUT2D eigenvalue weighted by Crippen LogP contribution is 2.32. The summed E-state index contributed by atoms with van der Waals surface area (Å²) in [5.41, 5.74) is 7.04. The van der Waals surface area contributed by atoms with E-state index in [2.05, 4.69) is 30.7 Å². The maximum atomic E-state index is 6.02. The molecule has 0 aromatic carbocycles. The molecule has 100 valence electrons. The maximum absolute atomic E-state index is 6.02. The minimum atomic E-state index is 0.311. The molecule has 0 saturated heterocycles. The molecule has 0 spiro atoms. The summed E-state index contributed by atoms with van der Waals surface area (Å²) in [6, 6.07) is 0. The third-order valence-corrected chi connectivity index (χ3v) is 3.55. The molecule has 18 heavy (non-hydrogen) atoms. The summed E-state index contributed by atoms with van der Waals surface area (Å²) in [7, 11) is 0. The summed E-state index contributed by atoms with van der Waals surface area (Å²) in [5.74, 6) is 3.66. The Hall–Kier alpha value is -1.32. The van der Waals surface area contributed by atoms with Gasteiger partial charge in [0.15, 0.2) is 0 Å². The van der Waals surface area contributed by atoms with Crippen molar-refractivity contribution in [1.29, 1.82) is 0 Å². The third kappa shape index (κ3) is 2.74. The molecule has 1 aliphatic carbocycles. The topological polar surface area (TPSA) is 55.0 Å². The van der Waals surface area contributed by atoms with E-state index in [1.54, 1.807) is 0 Å². The van der Waals surface area contributed by atoms with Crippen molar-refractivity contribution >= 4 is 11.6 Å². The van der Waals surface area contributed by atoms with Crippen molar-refractivity contribution in [2.45, 2.75) is 46.5 Å². The van der Waals surface area contributed by atoms with E-state index < -0.39 is 0 Å². The number of nitrogen functional groups attached to an aromatic ring is 1. The van der Waals surface area contributed by atoms with Gasteiger partial charge in [-0.2, -0.15) is 0 Å². The van der Waals surface area contributed by atoms with Gasteiger partial charge in [-0.25, -0.2) is 9.97 Å². The zero-order valence-electron chi connectivity index (χ0n) is 11.9. The van der Waals surface area contributed by atoms with Crippen LogP contribution in [0.15, 0.2) is 0 Å². The lowest BCUT2D eigenvalue weighted by Gasteiger charge is -2.25. The lowest BCUT2D eigenvalue weighted by molar-refractivity contribution is 0.710. The van der Waals surface area contributed by atoms with Crippen LogP contribution in [0.1, 0.15) is 50.9 Å². The van der Waals surface area contributed by atoms with Gasteiger partial charge in [0.05, 0.1) is 0 Å². The first kappa shape index (κ1) is 13.1. The second-order valence-electron chi connectivity index (χ2n) is 5.55. The first-order valence-electron chi connectivity index (χ1n) is 6.91. The van der Waals surface area contributed by atoms with Crippen molar-refractivity contribution in [2.24, 2.45) is 5.92 Å². The molecule has 0 unspecified atom stereocenters. The number of anilines is 2. The molecule has 1 aliphatic rings. The summed E-state index contributed by atoms with van der Waals surface area (Å²) >= 11 is 0. The van der Waals surface area contributed by atoms with Crippen LogP contribution in [0.4, 0.5) is 11.6 Å². The molecule has 1 fully saturated rings. The molecule has 0 bridgehead atoms. The maximum Gasteiger partial charge on any atom is 0.137 e. The molecule has 2 rings (SSSR count). The fourth-order valence-corrected chi connectivity index (χ4v) is 2.08. The van der Waals surface area contributed by atoms with Crippen molar-refractivity contribution in [1.82, 2.24) is 9.97 Å². The normalized spacial score (nSPS) is 15.2. The predicted molar refractivity (Wildman–Crippen MR) is 75.9 cm³/mol. The van der Waals surface area contributed by atoms with Gasteiger partial charge in [0, 0.05) is 24.6 Å². The average Bonchev–Trinajstić information content (AvgIpc) is 3.13. The summed E-state index contributed by atoms with van der Waals surface area (Å²) < 4.78 is 0. The SMILES string of the molecule is CCN(CC1CC1)c1nc(C(C)C)nc(N)c1C. The predicted octanol–water partition coefficient (Wildman–Crippen LogP) is 2.73. The smallest absolute Gasteiger partial charge is 0.137 e. The first-order valence-corrected chi connectivity index (χ1v) is 6.91. The zero-order valence-corrected chi connectivity index (χ0v) is 11.9. The molecular weight excluding hydrogens is 224 g/mol. The third-order valence-electron chi connectivity index (χ3n) is 3.55. The second kappa shape index (κ2) is 5.12. The van der Waals surface area contributed by atoms with Crippen LogP contribution in [0.25, 0.3) is 0 Å². The van der Waals surface area contributed by atoms with Crippen molar-refractivity contribution in [3.63, 3.8) is 0 Å². The van der Waals surface area contributed by atoms with Gasteiger partial charge in [0.1, 0.15) is 17.5 Å². The van der Waals surface area contributed by atoms with Gasteiger partial charge in [-0.05, 0) is 32.6 Å². The molecular formula is C14H24N4. The van der Waals surface area contributed by atoms with E-state index in [9.17, 15) is 0 Å². The highest BCUT2D eigenvalue weighted by Gasteiger charge is 2.25. The Balaban J connectivity index is 2.33. The van der Waals surface area contributed by atoms with Crippen LogP contribution in [-0.2, 0) is 0 Å². The zero-order chi connectivity index (χ0) is 13.3.